The molecule has 1 unspecified atom stereocenters. The quantitative estimate of drug-likeness (QED) is 0.891. The van der Waals surface area contributed by atoms with Crippen LogP contribution in [0.4, 0.5) is 0 Å². The number of H-pyrrole nitrogens is 1. The Hall–Kier alpha value is -1.36. The molecule has 1 fully saturated rings. The minimum Gasteiger partial charge on any atom is -0.381 e. The standard InChI is InChI=1S/C16H20ClN3O/c17-15-5-1-4-13(7-15)16-14(10-19-20-16)9-18-8-12-3-2-6-21-11-12/h1,4-5,7,10,12,18H,2-3,6,8-9,11H2,(H,19,20). The van der Waals surface area contributed by atoms with Crippen LogP contribution >= 0.6 is 11.6 Å². The molecule has 2 aromatic rings. The fraction of sp³-hybridized carbons (Fsp3) is 0.438. The first-order valence-corrected chi connectivity index (χ1v) is 7.77. The van der Waals surface area contributed by atoms with Crippen LogP contribution in [0, 0.1) is 5.92 Å². The number of hydrogen-bond donors (Lipinski definition) is 2. The van der Waals surface area contributed by atoms with Gasteiger partial charge in [0, 0.05) is 35.8 Å². The molecule has 0 radical (unpaired) electrons. The smallest absolute Gasteiger partial charge is 0.0695 e. The van der Waals surface area contributed by atoms with Crippen molar-refractivity contribution in [2.24, 2.45) is 5.92 Å². The molecule has 112 valence electrons. The van der Waals surface area contributed by atoms with Crippen molar-refractivity contribution in [1.29, 1.82) is 0 Å². The number of nitrogens with one attached hydrogen (secondary N) is 2. The van der Waals surface area contributed by atoms with Crippen LogP contribution in [0.15, 0.2) is 30.5 Å². The zero-order chi connectivity index (χ0) is 14.5. The van der Waals surface area contributed by atoms with Gasteiger partial charge in [0.05, 0.1) is 18.5 Å². The summed E-state index contributed by atoms with van der Waals surface area (Å²) in [5.74, 6) is 0.625. The molecule has 4 nitrogen and oxygen atoms in total. The summed E-state index contributed by atoms with van der Waals surface area (Å²) in [6.07, 6.45) is 4.30. The monoisotopic (exact) mass is 305 g/mol. The van der Waals surface area contributed by atoms with Gasteiger partial charge in [-0.15, -0.1) is 0 Å². The second-order valence-electron chi connectivity index (χ2n) is 5.49. The van der Waals surface area contributed by atoms with Crippen molar-refractivity contribution >= 4 is 11.6 Å². The molecular formula is C16H20ClN3O. The van der Waals surface area contributed by atoms with Crippen LogP contribution in [-0.2, 0) is 11.3 Å². The Morgan fingerprint density at radius 3 is 3.19 bits per heavy atom. The summed E-state index contributed by atoms with van der Waals surface area (Å²) in [4.78, 5) is 0. The van der Waals surface area contributed by atoms with E-state index < -0.39 is 0 Å². The van der Waals surface area contributed by atoms with Gasteiger partial charge < -0.3 is 10.1 Å². The maximum atomic E-state index is 6.06. The first kappa shape index (κ1) is 14.6. The second-order valence-corrected chi connectivity index (χ2v) is 5.93. The first-order valence-electron chi connectivity index (χ1n) is 7.39. The van der Waals surface area contributed by atoms with E-state index in [0.29, 0.717) is 5.92 Å². The minimum atomic E-state index is 0.625. The Balaban J connectivity index is 1.60. The van der Waals surface area contributed by atoms with Gasteiger partial charge in [0.2, 0.25) is 0 Å². The van der Waals surface area contributed by atoms with E-state index in [2.05, 4.69) is 15.5 Å². The van der Waals surface area contributed by atoms with Crippen LogP contribution < -0.4 is 5.32 Å². The van der Waals surface area contributed by atoms with Crippen molar-refractivity contribution in [3.05, 3.63) is 41.0 Å². The highest BCUT2D eigenvalue weighted by molar-refractivity contribution is 6.30. The molecule has 1 aromatic carbocycles. The number of ether oxygens (including phenoxy) is 1. The van der Waals surface area contributed by atoms with E-state index >= 15 is 0 Å². The summed E-state index contributed by atoms with van der Waals surface area (Å²) in [5, 5.41) is 11.5. The third-order valence-corrected chi connectivity index (χ3v) is 4.07. The van der Waals surface area contributed by atoms with Crippen LogP contribution in [0.2, 0.25) is 5.02 Å². The van der Waals surface area contributed by atoms with Crippen LogP contribution in [0.25, 0.3) is 11.3 Å². The summed E-state index contributed by atoms with van der Waals surface area (Å²) >= 11 is 6.06. The van der Waals surface area contributed by atoms with E-state index in [1.165, 1.54) is 12.8 Å². The zero-order valence-electron chi connectivity index (χ0n) is 11.9. The van der Waals surface area contributed by atoms with E-state index in [-0.39, 0.29) is 0 Å². The van der Waals surface area contributed by atoms with Crippen molar-refractivity contribution in [3.8, 4) is 11.3 Å². The maximum Gasteiger partial charge on any atom is 0.0695 e. The normalized spacial score (nSPS) is 18.8. The minimum absolute atomic E-state index is 0.625. The largest absolute Gasteiger partial charge is 0.381 e. The molecule has 0 spiro atoms. The maximum absolute atomic E-state index is 6.06. The lowest BCUT2D eigenvalue weighted by Crippen LogP contribution is -2.28. The van der Waals surface area contributed by atoms with Crippen LogP contribution in [0.3, 0.4) is 0 Å². The first-order chi connectivity index (χ1) is 10.3. The summed E-state index contributed by atoms with van der Waals surface area (Å²) in [7, 11) is 0. The average molecular weight is 306 g/mol. The average Bonchev–Trinajstić information content (AvgIpc) is 2.97. The predicted octanol–water partition coefficient (Wildman–Crippen LogP) is 3.25. The van der Waals surface area contributed by atoms with E-state index in [4.69, 9.17) is 16.3 Å². The van der Waals surface area contributed by atoms with E-state index in [0.717, 1.165) is 48.1 Å². The molecule has 0 bridgehead atoms. The number of aromatic amines is 1. The summed E-state index contributed by atoms with van der Waals surface area (Å²) in [5.41, 5.74) is 3.26. The molecule has 5 heteroatoms. The lowest BCUT2D eigenvalue weighted by Gasteiger charge is -2.22. The predicted molar refractivity (Wildman–Crippen MR) is 84.3 cm³/mol. The van der Waals surface area contributed by atoms with Crippen molar-refractivity contribution in [1.82, 2.24) is 15.5 Å². The molecule has 0 saturated carbocycles. The third-order valence-electron chi connectivity index (χ3n) is 3.83. The van der Waals surface area contributed by atoms with Gasteiger partial charge in [-0.25, -0.2) is 0 Å². The Labute approximate surface area is 129 Å². The molecule has 0 amide bonds. The van der Waals surface area contributed by atoms with Crippen molar-refractivity contribution in [2.75, 3.05) is 19.8 Å². The van der Waals surface area contributed by atoms with E-state index in [1.807, 2.05) is 30.5 Å². The summed E-state index contributed by atoms with van der Waals surface area (Å²) < 4.78 is 5.50. The summed E-state index contributed by atoms with van der Waals surface area (Å²) in [6.45, 7) is 3.58. The molecule has 1 aliphatic rings. The van der Waals surface area contributed by atoms with Gasteiger partial charge in [-0.1, -0.05) is 23.7 Å². The molecule has 2 N–H and O–H groups in total. The SMILES string of the molecule is Clc1cccc(-c2[nH]ncc2CNCC2CCCOC2)c1. The Morgan fingerprint density at radius 1 is 1.43 bits per heavy atom. The van der Waals surface area contributed by atoms with Crippen LogP contribution in [0.5, 0.6) is 0 Å². The lowest BCUT2D eigenvalue weighted by atomic mass is 10.0. The van der Waals surface area contributed by atoms with Gasteiger partial charge in [-0.2, -0.15) is 5.10 Å². The molecule has 1 saturated heterocycles. The van der Waals surface area contributed by atoms with Gasteiger partial charge in [0.15, 0.2) is 0 Å². The molecule has 2 heterocycles. The lowest BCUT2D eigenvalue weighted by molar-refractivity contribution is 0.0547. The van der Waals surface area contributed by atoms with Crippen molar-refractivity contribution < 1.29 is 4.74 Å². The van der Waals surface area contributed by atoms with Gasteiger partial charge in [0.1, 0.15) is 0 Å². The number of halogens is 1. The number of hydrogen-bond acceptors (Lipinski definition) is 3. The molecule has 1 atom stereocenters. The molecular weight excluding hydrogens is 286 g/mol. The second kappa shape index (κ2) is 7.07. The van der Waals surface area contributed by atoms with Crippen LogP contribution in [0.1, 0.15) is 18.4 Å². The fourth-order valence-electron chi connectivity index (χ4n) is 2.72. The fourth-order valence-corrected chi connectivity index (χ4v) is 2.91. The Morgan fingerprint density at radius 2 is 2.38 bits per heavy atom. The van der Waals surface area contributed by atoms with Gasteiger partial charge in [-0.3, -0.25) is 5.10 Å². The van der Waals surface area contributed by atoms with Gasteiger partial charge in [0.25, 0.3) is 0 Å². The molecule has 1 aromatic heterocycles. The highest BCUT2D eigenvalue weighted by Crippen LogP contribution is 2.24. The number of benzene rings is 1. The van der Waals surface area contributed by atoms with Crippen LogP contribution in [-0.4, -0.2) is 30.0 Å². The van der Waals surface area contributed by atoms with Gasteiger partial charge >= 0.3 is 0 Å². The number of rotatable bonds is 5. The van der Waals surface area contributed by atoms with E-state index in [1.54, 1.807) is 0 Å². The highest BCUT2D eigenvalue weighted by Gasteiger charge is 2.14. The van der Waals surface area contributed by atoms with Crippen molar-refractivity contribution in [2.45, 2.75) is 19.4 Å². The number of nitrogens with zero attached hydrogens (tertiary/aromatic N) is 1. The Kier molecular flexibility index (Phi) is 4.91. The van der Waals surface area contributed by atoms with Gasteiger partial charge in [-0.05, 0) is 30.9 Å². The Bertz CT molecular complexity index is 578. The van der Waals surface area contributed by atoms with E-state index in [9.17, 15) is 0 Å². The highest BCUT2D eigenvalue weighted by atomic mass is 35.5. The summed E-state index contributed by atoms with van der Waals surface area (Å²) in [6, 6.07) is 7.82. The molecule has 1 aliphatic heterocycles. The molecule has 0 aliphatic carbocycles. The third kappa shape index (κ3) is 3.84. The number of aromatic nitrogens is 2. The topological polar surface area (TPSA) is 49.9 Å². The molecule has 3 rings (SSSR count). The zero-order valence-corrected chi connectivity index (χ0v) is 12.7. The van der Waals surface area contributed by atoms with Crippen molar-refractivity contribution in [3.63, 3.8) is 0 Å². The molecule has 21 heavy (non-hydrogen) atoms.